The Balaban J connectivity index is 2.09. The van der Waals surface area contributed by atoms with Crippen molar-refractivity contribution in [2.75, 3.05) is 6.54 Å². The first-order chi connectivity index (χ1) is 9.20. The van der Waals surface area contributed by atoms with Crippen LogP contribution in [0.25, 0.3) is 11.4 Å². The maximum absolute atomic E-state index is 12.8. The van der Waals surface area contributed by atoms with E-state index in [1.165, 1.54) is 12.1 Å². The van der Waals surface area contributed by atoms with Gasteiger partial charge in [-0.15, -0.1) is 5.92 Å². The molecular weight excluding hydrogens is 245 g/mol. The van der Waals surface area contributed by atoms with Gasteiger partial charge in [-0.25, -0.2) is 4.39 Å². The molecule has 4 nitrogen and oxygen atoms in total. The van der Waals surface area contributed by atoms with Crippen LogP contribution in [0.3, 0.4) is 0 Å². The van der Waals surface area contributed by atoms with E-state index in [1.807, 2.05) is 6.92 Å². The van der Waals surface area contributed by atoms with E-state index in [2.05, 4.69) is 27.3 Å². The molecular formula is C14H14FN3O. The first-order valence-corrected chi connectivity index (χ1v) is 5.93. The number of hydrogen-bond acceptors (Lipinski definition) is 4. The van der Waals surface area contributed by atoms with Crippen LogP contribution in [-0.4, -0.2) is 16.7 Å². The van der Waals surface area contributed by atoms with E-state index in [-0.39, 0.29) is 11.9 Å². The first-order valence-electron chi connectivity index (χ1n) is 5.93. The smallest absolute Gasteiger partial charge is 0.243 e. The van der Waals surface area contributed by atoms with E-state index in [0.717, 1.165) is 5.56 Å². The van der Waals surface area contributed by atoms with Gasteiger partial charge in [0.25, 0.3) is 0 Å². The van der Waals surface area contributed by atoms with Crippen molar-refractivity contribution in [2.45, 2.75) is 19.9 Å². The van der Waals surface area contributed by atoms with Gasteiger partial charge in [-0.3, -0.25) is 5.32 Å². The standard InChI is InChI=1S/C14H14FN3O/c1-3-4-9-16-10(2)14-17-13(18-19-14)11-5-7-12(15)8-6-11/h5-8,10,16H,9H2,1-2H3/t10-/m0/s1. The van der Waals surface area contributed by atoms with Crippen molar-refractivity contribution in [2.24, 2.45) is 0 Å². The van der Waals surface area contributed by atoms with Gasteiger partial charge in [0, 0.05) is 5.56 Å². The van der Waals surface area contributed by atoms with E-state index in [9.17, 15) is 4.39 Å². The molecule has 19 heavy (non-hydrogen) atoms. The third-order valence-electron chi connectivity index (χ3n) is 2.59. The van der Waals surface area contributed by atoms with E-state index in [0.29, 0.717) is 18.3 Å². The van der Waals surface area contributed by atoms with E-state index >= 15 is 0 Å². The van der Waals surface area contributed by atoms with E-state index < -0.39 is 0 Å². The van der Waals surface area contributed by atoms with Crippen LogP contribution in [0.2, 0.25) is 0 Å². The Morgan fingerprint density at radius 2 is 2.11 bits per heavy atom. The van der Waals surface area contributed by atoms with Gasteiger partial charge < -0.3 is 4.52 Å². The average Bonchev–Trinajstić information content (AvgIpc) is 2.89. The molecule has 0 bridgehead atoms. The Morgan fingerprint density at radius 1 is 1.37 bits per heavy atom. The Bertz CT molecular complexity index is 595. The lowest BCUT2D eigenvalue weighted by atomic mass is 10.2. The molecule has 2 aromatic rings. The molecule has 0 saturated carbocycles. The Labute approximate surface area is 111 Å². The lowest BCUT2D eigenvalue weighted by Crippen LogP contribution is -2.19. The molecule has 1 N–H and O–H groups in total. The molecule has 0 aliphatic heterocycles. The summed E-state index contributed by atoms with van der Waals surface area (Å²) in [6.07, 6.45) is 0. The highest BCUT2D eigenvalue weighted by Gasteiger charge is 2.14. The number of halogens is 1. The summed E-state index contributed by atoms with van der Waals surface area (Å²) in [4.78, 5) is 4.28. The molecule has 98 valence electrons. The molecule has 5 heteroatoms. The molecule has 1 atom stereocenters. The molecule has 1 heterocycles. The summed E-state index contributed by atoms with van der Waals surface area (Å²) in [6, 6.07) is 5.88. The SMILES string of the molecule is CC#CCN[C@@H](C)c1nc(-c2ccc(F)cc2)no1. The second kappa shape index (κ2) is 6.12. The van der Waals surface area contributed by atoms with Gasteiger partial charge in [0.15, 0.2) is 0 Å². The van der Waals surface area contributed by atoms with Crippen molar-refractivity contribution in [1.82, 2.24) is 15.5 Å². The highest BCUT2D eigenvalue weighted by Crippen LogP contribution is 2.18. The number of aromatic nitrogens is 2. The fourth-order valence-corrected chi connectivity index (χ4v) is 1.51. The van der Waals surface area contributed by atoms with Crippen molar-refractivity contribution >= 4 is 0 Å². The first kappa shape index (κ1) is 13.2. The summed E-state index contributed by atoms with van der Waals surface area (Å²) in [5.41, 5.74) is 0.719. The molecule has 0 unspecified atom stereocenters. The van der Waals surface area contributed by atoms with Crippen molar-refractivity contribution in [3.8, 4) is 23.2 Å². The number of hydrogen-bond donors (Lipinski definition) is 1. The van der Waals surface area contributed by atoms with E-state index in [4.69, 9.17) is 4.52 Å². The van der Waals surface area contributed by atoms with Crippen LogP contribution in [0.15, 0.2) is 28.8 Å². The topological polar surface area (TPSA) is 51.0 Å². The molecule has 0 aliphatic carbocycles. The highest BCUT2D eigenvalue weighted by molar-refractivity contribution is 5.53. The summed E-state index contributed by atoms with van der Waals surface area (Å²) in [7, 11) is 0. The minimum atomic E-state index is -0.291. The predicted molar refractivity (Wildman–Crippen MR) is 69.6 cm³/mol. The highest BCUT2D eigenvalue weighted by atomic mass is 19.1. The lowest BCUT2D eigenvalue weighted by molar-refractivity contribution is 0.344. The van der Waals surface area contributed by atoms with Gasteiger partial charge in [-0.05, 0) is 38.1 Å². The second-order valence-corrected chi connectivity index (χ2v) is 3.99. The fourth-order valence-electron chi connectivity index (χ4n) is 1.51. The summed E-state index contributed by atoms with van der Waals surface area (Å²) >= 11 is 0. The minimum Gasteiger partial charge on any atom is -0.337 e. The minimum absolute atomic E-state index is 0.0810. The van der Waals surface area contributed by atoms with Crippen LogP contribution in [0, 0.1) is 17.7 Å². The zero-order chi connectivity index (χ0) is 13.7. The maximum Gasteiger partial charge on any atom is 0.243 e. The number of nitrogens with zero attached hydrogens (tertiary/aromatic N) is 2. The average molecular weight is 259 g/mol. The molecule has 2 rings (SSSR count). The van der Waals surface area contributed by atoms with Crippen molar-refractivity contribution in [3.63, 3.8) is 0 Å². The summed E-state index contributed by atoms with van der Waals surface area (Å²) in [5.74, 6) is 6.34. The number of benzene rings is 1. The predicted octanol–water partition coefficient (Wildman–Crippen LogP) is 2.55. The Hall–Kier alpha value is -2.19. The van der Waals surface area contributed by atoms with Gasteiger partial charge in [-0.2, -0.15) is 4.98 Å². The molecule has 0 aliphatic rings. The third kappa shape index (κ3) is 3.39. The summed E-state index contributed by atoms with van der Waals surface area (Å²) in [5, 5.41) is 7.02. The van der Waals surface area contributed by atoms with Crippen molar-refractivity contribution in [3.05, 3.63) is 36.0 Å². The summed E-state index contributed by atoms with van der Waals surface area (Å²) in [6.45, 7) is 4.26. The van der Waals surface area contributed by atoms with Gasteiger partial charge >= 0.3 is 0 Å². The Morgan fingerprint density at radius 3 is 2.79 bits per heavy atom. The van der Waals surface area contributed by atoms with E-state index in [1.54, 1.807) is 19.1 Å². The monoisotopic (exact) mass is 259 g/mol. The second-order valence-electron chi connectivity index (χ2n) is 3.99. The molecule has 0 fully saturated rings. The largest absolute Gasteiger partial charge is 0.337 e. The molecule has 0 saturated heterocycles. The maximum atomic E-state index is 12.8. The Kier molecular flexibility index (Phi) is 4.26. The molecule has 0 radical (unpaired) electrons. The molecule has 0 amide bonds. The molecule has 0 spiro atoms. The fraction of sp³-hybridized carbons (Fsp3) is 0.286. The van der Waals surface area contributed by atoms with Crippen LogP contribution in [0.1, 0.15) is 25.8 Å². The normalized spacial score (nSPS) is 11.7. The van der Waals surface area contributed by atoms with Crippen LogP contribution >= 0.6 is 0 Å². The third-order valence-corrected chi connectivity index (χ3v) is 2.59. The van der Waals surface area contributed by atoms with Crippen LogP contribution in [-0.2, 0) is 0 Å². The number of nitrogens with one attached hydrogen (secondary N) is 1. The van der Waals surface area contributed by atoms with Gasteiger partial charge in [0.05, 0.1) is 12.6 Å². The van der Waals surface area contributed by atoms with Gasteiger partial charge in [0.1, 0.15) is 5.82 Å². The summed E-state index contributed by atoms with van der Waals surface area (Å²) < 4.78 is 18.0. The number of rotatable bonds is 4. The van der Waals surface area contributed by atoms with Crippen LogP contribution < -0.4 is 5.32 Å². The van der Waals surface area contributed by atoms with Gasteiger partial charge in [-0.1, -0.05) is 11.1 Å². The zero-order valence-electron chi connectivity index (χ0n) is 10.8. The van der Waals surface area contributed by atoms with Gasteiger partial charge in [0.2, 0.25) is 11.7 Å². The van der Waals surface area contributed by atoms with Crippen LogP contribution in [0.5, 0.6) is 0 Å². The zero-order valence-corrected chi connectivity index (χ0v) is 10.8. The van der Waals surface area contributed by atoms with Crippen LogP contribution in [0.4, 0.5) is 4.39 Å². The quantitative estimate of drug-likeness (QED) is 0.857. The van der Waals surface area contributed by atoms with Crippen molar-refractivity contribution < 1.29 is 8.91 Å². The molecule has 1 aromatic heterocycles. The van der Waals surface area contributed by atoms with Crippen molar-refractivity contribution in [1.29, 1.82) is 0 Å². The lowest BCUT2D eigenvalue weighted by Gasteiger charge is -2.04. The molecule has 1 aromatic carbocycles.